The number of alkyl halides is 2. The van der Waals surface area contributed by atoms with Gasteiger partial charge in [0, 0.05) is 18.8 Å². The second-order valence-electron chi connectivity index (χ2n) is 5.80. The normalized spacial score (nSPS) is 40.0. The molecule has 0 bridgehead atoms. The molecule has 4 atom stereocenters. The van der Waals surface area contributed by atoms with Gasteiger partial charge in [0.15, 0.2) is 5.60 Å². The van der Waals surface area contributed by atoms with Crippen molar-refractivity contribution in [3.8, 4) is 6.07 Å². The second kappa shape index (κ2) is 4.90. The van der Waals surface area contributed by atoms with Gasteiger partial charge < -0.3 is 5.11 Å². The van der Waals surface area contributed by atoms with Gasteiger partial charge >= 0.3 is 0 Å². The zero-order chi connectivity index (χ0) is 15.2. The standard InChI is InChI=1S/C12H17F2NO4S/c1-20(17,18)19-11(7-15)4-8-5-12(13,14)3-2-9(8)10(11)6-16/h8-10,16H,2-6H2,1H3/t8-,9-,10-,11?/m1/s1. The Morgan fingerprint density at radius 1 is 1.45 bits per heavy atom. The summed E-state index contributed by atoms with van der Waals surface area (Å²) in [7, 11) is -3.91. The number of fused-ring (bicyclic) bond motifs is 1. The lowest BCUT2D eigenvalue weighted by molar-refractivity contribution is -0.0702. The zero-order valence-corrected chi connectivity index (χ0v) is 11.9. The molecular formula is C12H17F2NO4S. The Balaban J connectivity index is 2.33. The number of aliphatic hydroxyl groups is 1. The van der Waals surface area contributed by atoms with Crippen LogP contribution in [0.4, 0.5) is 8.78 Å². The third-order valence-corrected chi connectivity index (χ3v) is 4.98. The summed E-state index contributed by atoms with van der Waals surface area (Å²) in [5.74, 6) is -4.35. The average molecular weight is 309 g/mol. The molecule has 1 N–H and O–H groups in total. The molecule has 0 amide bonds. The number of hydrogen-bond acceptors (Lipinski definition) is 5. The van der Waals surface area contributed by atoms with Gasteiger partial charge in [-0.2, -0.15) is 13.7 Å². The molecule has 0 saturated heterocycles. The van der Waals surface area contributed by atoms with E-state index >= 15 is 0 Å². The van der Waals surface area contributed by atoms with Crippen molar-refractivity contribution >= 4 is 10.1 Å². The number of halogens is 2. The highest BCUT2D eigenvalue weighted by Gasteiger charge is 2.60. The Bertz CT molecular complexity index is 530. The molecule has 8 heteroatoms. The molecule has 0 heterocycles. The molecule has 0 aliphatic heterocycles. The first-order valence-electron chi connectivity index (χ1n) is 6.43. The average Bonchev–Trinajstić information content (AvgIpc) is 2.57. The summed E-state index contributed by atoms with van der Waals surface area (Å²) < 4.78 is 54.5. The van der Waals surface area contributed by atoms with E-state index in [1.807, 2.05) is 6.07 Å². The maximum absolute atomic E-state index is 13.5. The van der Waals surface area contributed by atoms with E-state index in [1.54, 1.807) is 0 Å². The summed E-state index contributed by atoms with van der Waals surface area (Å²) in [6.07, 6.45) is 0.217. The minimum Gasteiger partial charge on any atom is -0.396 e. The van der Waals surface area contributed by atoms with Crippen molar-refractivity contribution in [2.24, 2.45) is 17.8 Å². The van der Waals surface area contributed by atoms with E-state index in [0.717, 1.165) is 6.26 Å². The Morgan fingerprint density at radius 2 is 2.10 bits per heavy atom. The monoisotopic (exact) mass is 309 g/mol. The predicted molar refractivity (Wildman–Crippen MR) is 65.2 cm³/mol. The Hall–Kier alpha value is -0.780. The maximum Gasteiger partial charge on any atom is 0.265 e. The van der Waals surface area contributed by atoms with Gasteiger partial charge in [-0.15, -0.1) is 0 Å². The van der Waals surface area contributed by atoms with Crippen LogP contribution in [0.25, 0.3) is 0 Å². The van der Waals surface area contributed by atoms with Gasteiger partial charge in [-0.1, -0.05) is 0 Å². The van der Waals surface area contributed by atoms with Crippen LogP contribution in [-0.2, 0) is 14.3 Å². The fourth-order valence-corrected chi connectivity index (χ4v) is 4.46. The number of hydrogen-bond donors (Lipinski definition) is 1. The lowest BCUT2D eigenvalue weighted by Gasteiger charge is -2.34. The van der Waals surface area contributed by atoms with Gasteiger partial charge in [0.2, 0.25) is 5.92 Å². The van der Waals surface area contributed by atoms with Crippen molar-refractivity contribution in [1.82, 2.24) is 0 Å². The van der Waals surface area contributed by atoms with Crippen LogP contribution in [0.15, 0.2) is 0 Å². The fourth-order valence-electron chi connectivity index (χ4n) is 3.69. The molecule has 2 aliphatic carbocycles. The van der Waals surface area contributed by atoms with Gasteiger partial charge in [0.1, 0.15) is 0 Å². The van der Waals surface area contributed by atoms with Crippen LogP contribution >= 0.6 is 0 Å². The van der Waals surface area contributed by atoms with E-state index in [1.165, 1.54) is 0 Å². The lowest BCUT2D eigenvalue weighted by Crippen LogP contribution is -2.41. The first-order chi connectivity index (χ1) is 9.12. The summed E-state index contributed by atoms with van der Waals surface area (Å²) >= 11 is 0. The van der Waals surface area contributed by atoms with Gasteiger partial charge in [-0.05, 0) is 24.7 Å². The van der Waals surface area contributed by atoms with Gasteiger partial charge in [-0.25, -0.2) is 13.0 Å². The van der Waals surface area contributed by atoms with Crippen molar-refractivity contribution < 1.29 is 26.5 Å². The summed E-state index contributed by atoms with van der Waals surface area (Å²) in [6, 6.07) is 1.81. The molecule has 2 saturated carbocycles. The fraction of sp³-hybridized carbons (Fsp3) is 0.917. The van der Waals surface area contributed by atoms with E-state index in [9.17, 15) is 27.6 Å². The predicted octanol–water partition coefficient (Wildman–Crippen LogP) is 1.29. The van der Waals surface area contributed by atoms with Crippen molar-refractivity contribution in [2.75, 3.05) is 12.9 Å². The number of nitrogens with zero attached hydrogens (tertiary/aromatic N) is 1. The molecule has 2 fully saturated rings. The van der Waals surface area contributed by atoms with Crippen molar-refractivity contribution in [2.45, 2.75) is 37.2 Å². The van der Waals surface area contributed by atoms with Crippen LogP contribution in [0.1, 0.15) is 25.7 Å². The molecule has 0 aromatic carbocycles. The van der Waals surface area contributed by atoms with Crippen LogP contribution in [0.2, 0.25) is 0 Å². The summed E-state index contributed by atoms with van der Waals surface area (Å²) in [5.41, 5.74) is -1.72. The smallest absolute Gasteiger partial charge is 0.265 e. The Morgan fingerprint density at radius 3 is 2.60 bits per heavy atom. The van der Waals surface area contributed by atoms with E-state index in [2.05, 4.69) is 0 Å². The van der Waals surface area contributed by atoms with Crippen molar-refractivity contribution in [3.63, 3.8) is 0 Å². The molecular weight excluding hydrogens is 292 g/mol. The molecule has 2 aliphatic rings. The number of rotatable bonds is 3. The molecule has 1 unspecified atom stereocenters. The van der Waals surface area contributed by atoms with Crippen LogP contribution < -0.4 is 0 Å². The lowest BCUT2D eigenvalue weighted by atomic mass is 9.76. The van der Waals surface area contributed by atoms with E-state index in [-0.39, 0.29) is 31.6 Å². The Kier molecular flexibility index (Phi) is 3.82. The third-order valence-electron chi connectivity index (χ3n) is 4.38. The number of nitriles is 1. The molecule has 0 aromatic heterocycles. The largest absolute Gasteiger partial charge is 0.396 e. The molecule has 0 spiro atoms. The van der Waals surface area contributed by atoms with E-state index < -0.39 is 40.1 Å². The first-order valence-corrected chi connectivity index (χ1v) is 8.25. The van der Waals surface area contributed by atoms with Crippen molar-refractivity contribution in [3.05, 3.63) is 0 Å². The zero-order valence-electron chi connectivity index (χ0n) is 11.1. The highest BCUT2D eigenvalue weighted by atomic mass is 32.2. The highest BCUT2D eigenvalue weighted by molar-refractivity contribution is 7.86. The highest BCUT2D eigenvalue weighted by Crippen LogP contribution is 2.55. The molecule has 2 rings (SSSR count). The SMILES string of the molecule is CS(=O)(=O)OC1(C#N)C[C@@H]2CC(F)(F)CC[C@H]2[C@H]1CO. The summed E-state index contributed by atoms with van der Waals surface area (Å²) in [6.45, 7) is -0.449. The molecule has 114 valence electrons. The number of aliphatic hydroxyl groups excluding tert-OH is 1. The Labute approximate surface area is 116 Å². The van der Waals surface area contributed by atoms with Gasteiger partial charge in [-0.3, -0.25) is 0 Å². The quantitative estimate of drug-likeness (QED) is 0.794. The summed E-state index contributed by atoms with van der Waals surface area (Å²) in [4.78, 5) is 0. The summed E-state index contributed by atoms with van der Waals surface area (Å²) in [5, 5.41) is 18.8. The van der Waals surface area contributed by atoms with Crippen LogP contribution in [0, 0.1) is 29.1 Å². The molecule has 0 radical (unpaired) electrons. The maximum atomic E-state index is 13.5. The molecule has 0 aromatic rings. The van der Waals surface area contributed by atoms with Crippen LogP contribution in [0.3, 0.4) is 0 Å². The van der Waals surface area contributed by atoms with Crippen LogP contribution in [0.5, 0.6) is 0 Å². The van der Waals surface area contributed by atoms with E-state index in [0.29, 0.717) is 0 Å². The van der Waals surface area contributed by atoms with Crippen LogP contribution in [-0.4, -0.2) is 37.9 Å². The van der Waals surface area contributed by atoms with Crippen molar-refractivity contribution in [1.29, 1.82) is 5.26 Å². The molecule has 5 nitrogen and oxygen atoms in total. The third kappa shape index (κ3) is 2.80. The minimum atomic E-state index is -3.91. The van der Waals surface area contributed by atoms with E-state index in [4.69, 9.17) is 4.18 Å². The van der Waals surface area contributed by atoms with Gasteiger partial charge in [0.25, 0.3) is 10.1 Å². The van der Waals surface area contributed by atoms with Gasteiger partial charge in [0.05, 0.1) is 18.9 Å². The topological polar surface area (TPSA) is 87.4 Å². The molecule has 20 heavy (non-hydrogen) atoms. The first kappa shape index (κ1) is 15.6. The minimum absolute atomic E-state index is 0.0813. The second-order valence-corrected chi connectivity index (χ2v) is 7.38.